The van der Waals surface area contributed by atoms with Crippen LogP contribution in [0.15, 0.2) is 20.0 Å². The Morgan fingerprint density at radius 3 is 2.67 bits per heavy atom. The van der Waals surface area contributed by atoms with Crippen molar-refractivity contribution in [1.29, 1.82) is 0 Å². The van der Waals surface area contributed by atoms with Crippen LogP contribution in [0.3, 0.4) is 0 Å². The molecule has 1 aromatic heterocycles. The second kappa shape index (κ2) is 5.38. The standard InChI is InChI=1S/C12H14BrNO6S/c13-11-9(5-8(20-11)12(15)16)21(17,18)14-7-3-4-19-10(7)6-1-2-6/h5-7,10,14H,1-4H2,(H,15,16). The highest BCUT2D eigenvalue weighted by Crippen LogP contribution is 2.39. The maximum absolute atomic E-state index is 12.4. The fourth-order valence-corrected chi connectivity index (χ4v) is 4.75. The van der Waals surface area contributed by atoms with Gasteiger partial charge in [0.05, 0.1) is 12.1 Å². The quantitative estimate of drug-likeness (QED) is 0.804. The molecule has 2 N–H and O–H groups in total. The number of sulfonamides is 1. The lowest BCUT2D eigenvalue weighted by Crippen LogP contribution is -2.41. The molecule has 2 atom stereocenters. The summed E-state index contributed by atoms with van der Waals surface area (Å²) in [5.74, 6) is -1.33. The zero-order valence-corrected chi connectivity index (χ0v) is 13.3. The van der Waals surface area contributed by atoms with E-state index in [1.807, 2.05) is 0 Å². The van der Waals surface area contributed by atoms with E-state index in [0.29, 0.717) is 18.9 Å². The van der Waals surface area contributed by atoms with Crippen LogP contribution in [0.5, 0.6) is 0 Å². The molecule has 1 aliphatic heterocycles. The van der Waals surface area contributed by atoms with Gasteiger partial charge in [-0.25, -0.2) is 17.9 Å². The lowest BCUT2D eigenvalue weighted by molar-refractivity contribution is 0.0661. The Bertz CT molecular complexity index is 665. The number of hydrogen-bond acceptors (Lipinski definition) is 5. The number of furan rings is 1. The molecular formula is C12H14BrNO6S. The van der Waals surface area contributed by atoms with Crippen molar-refractivity contribution in [3.05, 3.63) is 16.5 Å². The number of carbonyl (C=O) groups is 1. The average molecular weight is 380 g/mol. The molecule has 0 bridgehead atoms. The Labute approximate surface area is 129 Å². The van der Waals surface area contributed by atoms with Gasteiger partial charge in [-0.15, -0.1) is 0 Å². The minimum Gasteiger partial charge on any atom is -0.475 e. The van der Waals surface area contributed by atoms with Gasteiger partial charge in [0.2, 0.25) is 15.8 Å². The summed E-state index contributed by atoms with van der Waals surface area (Å²) < 4.78 is 37.7. The van der Waals surface area contributed by atoms with E-state index in [1.165, 1.54) is 0 Å². The van der Waals surface area contributed by atoms with Crippen molar-refractivity contribution in [2.45, 2.75) is 36.3 Å². The number of hydrogen-bond donors (Lipinski definition) is 2. The average Bonchev–Trinajstić information content (AvgIpc) is 3.00. The predicted molar refractivity (Wildman–Crippen MR) is 74.6 cm³/mol. The number of carboxylic acid groups (broad SMARTS) is 1. The van der Waals surface area contributed by atoms with Crippen LogP contribution in [0.25, 0.3) is 0 Å². The fourth-order valence-electron chi connectivity index (χ4n) is 2.53. The molecule has 0 amide bonds. The van der Waals surface area contributed by atoms with Crippen molar-refractivity contribution in [1.82, 2.24) is 4.72 Å². The number of carboxylic acids is 1. The molecule has 0 aromatic carbocycles. The van der Waals surface area contributed by atoms with Gasteiger partial charge in [-0.3, -0.25) is 0 Å². The van der Waals surface area contributed by atoms with Crippen molar-refractivity contribution in [2.75, 3.05) is 6.61 Å². The molecule has 116 valence electrons. The van der Waals surface area contributed by atoms with E-state index in [-0.39, 0.29) is 21.7 Å². The van der Waals surface area contributed by atoms with Gasteiger partial charge >= 0.3 is 5.97 Å². The lowest BCUT2D eigenvalue weighted by atomic mass is 10.1. The fraction of sp³-hybridized carbons (Fsp3) is 0.583. The van der Waals surface area contributed by atoms with Gasteiger partial charge in [0.1, 0.15) is 4.90 Å². The van der Waals surface area contributed by atoms with Crippen LogP contribution in [0.2, 0.25) is 0 Å². The molecule has 2 heterocycles. The highest BCUT2D eigenvalue weighted by atomic mass is 79.9. The molecule has 1 saturated heterocycles. The first-order valence-electron chi connectivity index (χ1n) is 6.55. The summed E-state index contributed by atoms with van der Waals surface area (Å²) in [7, 11) is -3.86. The minimum absolute atomic E-state index is 0.0932. The molecule has 1 saturated carbocycles. The van der Waals surface area contributed by atoms with Gasteiger partial charge in [-0.1, -0.05) is 0 Å². The van der Waals surface area contributed by atoms with E-state index in [0.717, 1.165) is 18.9 Å². The third kappa shape index (κ3) is 3.01. The van der Waals surface area contributed by atoms with Crippen LogP contribution in [-0.2, 0) is 14.8 Å². The van der Waals surface area contributed by atoms with E-state index in [2.05, 4.69) is 20.7 Å². The summed E-state index contributed by atoms with van der Waals surface area (Å²) in [5, 5.41) is 8.85. The Morgan fingerprint density at radius 1 is 1.38 bits per heavy atom. The van der Waals surface area contributed by atoms with Crippen molar-refractivity contribution in [3.8, 4) is 0 Å². The van der Waals surface area contributed by atoms with Gasteiger partial charge in [-0.05, 0) is 41.1 Å². The van der Waals surface area contributed by atoms with Crippen LogP contribution >= 0.6 is 15.9 Å². The van der Waals surface area contributed by atoms with Crippen LogP contribution in [-0.4, -0.2) is 38.2 Å². The molecule has 9 heteroatoms. The van der Waals surface area contributed by atoms with Crippen molar-refractivity contribution in [2.24, 2.45) is 5.92 Å². The molecule has 7 nitrogen and oxygen atoms in total. The third-order valence-electron chi connectivity index (χ3n) is 3.68. The Hall–Kier alpha value is -0.900. The zero-order valence-electron chi connectivity index (χ0n) is 10.9. The molecule has 1 aliphatic carbocycles. The number of aromatic carboxylic acids is 1. The van der Waals surface area contributed by atoms with Gasteiger partial charge in [-0.2, -0.15) is 0 Å². The summed E-state index contributed by atoms with van der Waals surface area (Å²) in [5.41, 5.74) is 0. The summed E-state index contributed by atoms with van der Waals surface area (Å²) in [6.07, 6.45) is 2.63. The molecule has 21 heavy (non-hydrogen) atoms. The maximum Gasteiger partial charge on any atom is 0.371 e. The van der Waals surface area contributed by atoms with E-state index in [9.17, 15) is 13.2 Å². The van der Waals surface area contributed by atoms with E-state index >= 15 is 0 Å². The highest BCUT2D eigenvalue weighted by Gasteiger charge is 2.42. The lowest BCUT2D eigenvalue weighted by Gasteiger charge is -2.18. The first-order chi connectivity index (χ1) is 9.88. The molecule has 0 radical (unpaired) electrons. The number of nitrogens with one attached hydrogen (secondary N) is 1. The molecule has 1 aromatic rings. The first kappa shape index (κ1) is 15.0. The zero-order chi connectivity index (χ0) is 15.2. The SMILES string of the molecule is O=C(O)c1cc(S(=O)(=O)NC2CCOC2C2CC2)c(Br)o1. The van der Waals surface area contributed by atoms with Crippen LogP contribution in [0.4, 0.5) is 0 Å². The van der Waals surface area contributed by atoms with Gasteiger partial charge < -0.3 is 14.3 Å². The summed E-state index contributed by atoms with van der Waals surface area (Å²) in [4.78, 5) is 10.6. The number of rotatable bonds is 5. The van der Waals surface area contributed by atoms with Gasteiger partial charge in [0, 0.05) is 12.7 Å². The van der Waals surface area contributed by atoms with Gasteiger partial charge in [0.25, 0.3) is 0 Å². The number of ether oxygens (including phenoxy) is 1. The maximum atomic E-state index is 12.4. The largest absolute Gasteiger partial charge is 0.475 e. The molecular weight excluding hydrogens is 366 g/mol. The molecule has 0 spiro atoms. The summed E-state index contributed by atoms with van der Waals surface area (Å²) in [6, 6.07) is 0.717. The predicted octanol–water partition coefficient (Wildman–Crippen LogP) is 1.59. The molecule has 2 unspecified atom stereocenters. The Morgan fingerprint density at radius 2 is 2.10 bits per heavy atom. The highest BCUT2D eigenvalue weighted by molar-refractivity contribution is 9.10. The van der Waals surface area contributed by atoms with Gasteiger partial charge in [0.15, 0.2) is 4.67 Å². The van der Waals surface area contributed by atoms with Crippen molar-refractivity contribution in [3.63, 3.8) is 0 Å². The molecule has 2 aliphatic rings. The monoisotopic (exact) mass is 379 g/mol. The van der Waals surface area contributed by atoms with E-state index < -0.39 is 21.8 Å². The summed E-state index contributed by atoms with van der Waals surface area (Å²) >= 11 is 2.95. The minimum atomic E-state index is -3.86. The first-order valence-corrected chi connectivity index (χ1v) is 8.82. The second-order valence-corrected chi connectivity index (χ2v) is 7.65. The normalized spacial score (nSPS) is 26.1. The van der Waals surface area contributed by atoms with Crippen molar-refractivity contribution < 1.29 is 27.5 Å². The Balaban J connectivity index is 1.81. The van der Waals surface area contributed by atoms with E-state index in [1.54, 1.807) is 0 Å². The number of halogens is 1. The van der Waals surface area contributed by atoms with Crippen LogP contribution in [0, 0.1) is 5.92 Å². The van der Waals surface area contributed by atoms with Crippen LogP contribution < -0.4 is 4.72 Å². The molecule has 3 rings (SSSR count). The smallest absolute Gasteiger partial charge is 0.371 e. The topological polar surface area (TPSA) is 106 Å². The Kier molecular flexibility index (Phi) is 3.85. The van der Waals surface area contributed by atoms with Crippen molar-refractivity contribution >= 4 is 31.9 Å². The molecule has 2 fully saturated rings. The van der Waals surface area contributed by atoms with Crippen LogP contribution in [0.1, 0.15) is 29.8 Å². The summed E-state index contributed by atoms with van der Waals surface area (Å²) in [6.45, 7) is 0.529. The third-order valence-corrected chi connectivity index (χ3v) is 6.03. The second-order valence-electron chi connectivity index (χ2n) is 5.24. The van der Waals surface area contributed by atoms with E-state index in [4.69, 9.17) is 14.3 Å².